The number of fused-ring (bicyclic) bond motifs is 1. The van der Waals surface area contributed by atoms with Gasteiger partial charge in [0.05, 0.1) is 0 Å². The van der Waals surface area contributed by atoms with E-state index in [0.29, 0.717) is 5.92 Å². The minimum Gasteiger partial charge on any atom is -0.339 e. The predicted octanol–water partition coefficient (Wildman–Crippen LogP) is 5.00. The second kappa shape index (κ2) is 8.66. The summed E-state index contributed by atoms with van der Waals surface area (Å²) in [5.74, 6) is 2.83. The fourth-order valence-electron chi connectivity index (χ4n) is 4.99. The number of aryl methyl sites for hydroxylation is 2. The van der Waals surface area contributed by atoms with Crippen molar-refractivity contribution in [1.82, 2.24) is 19.7 Å². The van der Waals surface area contributed by atoms with E-state index >= 15 is 0 Å². The summed E-state index contributed by atoms with van der Waals surface area (Å²) in [7, 11) is 0. The van der Waals surface area contributed by atoms with Gasteiger partial charge in [-0.05, 0) is 55.9 Å². The van der Waals surface area contributed by atoms with Crippen LogP contribution >= 0.6 is 0 Å². The summed E-state index contributed by atoms with van der Waals surface area (Å²) in [5.41, 5.74) is 4.24. The molecule has 0 radical (unpaired) electrons. The van der Waals surface area contributed by atoms with Gasteiger partial charge in [0.2, 0.25) is 0 Å². The number of amides is 1. The van der Waals surface area contributed by atoms with Crippen LogP contribution in [0.1, 0.15) is 65.6 Å². The number of nitrogens with zero attached hydrogens (tertiary/aromatic N) is 4. The molecule has 0 spiro atoms. The van der Waals surface area contributed by atoms with E-state index in [2.05, 4.69) is 52.0 Å². The highest BCUT2D eigenvalue weighted by molar-refractivity contribution is 5.95. The van der Waals surface area contributed by atoms with Crippen LogP contribution in [0, 0.1) is 6.92 Å². The molecular weight excluding hydrogens is 384 g/mol. The molecule has 0 N–H and O–H groups in total. The van der Waals surface area contributed by atoms with E-state index in [9.17, 15) is 4.79 Å². The van der Waals surface area contributed by atoms with Gasteiger partial charge in [-0.1, -0.05) is 48.4 Å². The smallest absolute Gasteiger partial charge is 0.253 e. The Morgan fingerprint density at radius 2 is 1.68 bits per heavy atom. The van der Waals surface area contributed by atoms with Crippen molar-refractivity contribution in [1.29, 1.82) is 0 Å². The highest BCUT2D eigenvalue weighted by Gasteiger charge is 2.29. The zero-order valence-corrected chi connectivity index (χ0v) is 18.3. The summed E-state index contributed by atoms with van der Waals surface area (Å²) >= 11 is 0. The molecule has 1 saturated heterocycles. The number of piperidine rings is 1. The van der Waals surface area contributed by atoms with Crippen LogP contribution in [0.25, 0.3) is 11.1 Å². The van der Waals surface area contributed by atoms with Crippen LogP contribution in [-0.2, 0) is 13.0 Å². The van der Waals surface area contributed by atoms with Gasteiger partial charge in [-0.25, -0.2) is 0 Å². The van der Waals surface area contributed by atoms with E-state index < -0.39 is 0 Å². The van der Waals surface area contributed by atoms with Crippen LogP contribution in [0.4, 0.5) is 0 Å². The lowest BCUT2D eigenvalue weighted by Gasteiger charge is -2.32. The van der Waals surface area contributed by atoms with Gasteiger partial charge in [0.15, 0.2) is 0 Å². The van der Waals surface area contributed by atoms with Gasteiger partial charge >= 0.3 is 0 Å². The highest BCUT2D eigenvalue weighted by atomic mass is 16.2. The SMILES string of the molecule is Cc1cccc(-c2cccc(C(=O)N3CCC(c4nnc5n4CCCCC5)CC3)c2)c1. The Bertz CT molecular complexity index is 1080. The molecule has 3 heterocycles. The number of carbonyl (C=O) groups excluding carboxylic acids is 1. The molecule has 0 saturated carbocycles. The lowest BCUT2D eigenvalue weighted by molar-refractivity contribution is 0.0710. The highest BCUT2D eigenvalue weighted by Crippen LogP contribution is 2.30. The van der Waals surface area contributed by atoms with Crippen molar-refractivity contribution < 1.29 is 4.79 Å². The maximum Gasteiger partial charge on any atom is 0.253 e. The Morgan fingerprint density at radius 1 is 0.903 bits per heavy atom. The number of hydrogen-bond donors (Lipinski definition) is 0. The fraction of sp³-hybridized carbons (Fsp3) is 0.423. The molecular formula is C26H30N4O. The Labute approximate surface area is 184 Å². The molecule has 1 aromatic heterocycles. The van der Waals surface area contributed by atoms with E-state index in [-0.39, 0.29) is 5.91 Å². The number of aromatic nitrogens is 3. The van der Waals surface area contributed by atoms with Gasteiger partial charge < -0.3 is 9.47 Å². The summed E-state index contributed by atoms with van der Waals surface area (Å²) in [6.07, 6.45) is 6.67. The van der Waals surface area contributed by atoms with Crippen LogP contribution in [-0.4, -0.2) is 38.7 Å². The quantitative estimate of drug-likeness (QED) is 0.606. The standard InChI is InChI=1S/C26H30N4O/c1-19-7-5-8-21(17-19)22-9-6-10-23(18-22)26(31)29-15-12-20(13-16-29)25-28-27-24-11-3-2-4-14-30(24)25/h5-10,17-18,20H,2-4,11-16H2,1H3. The molecule has 2 aromatic carbocycles. The van der Waals surface area contributed by atoms with E-state index in [1.807, 2.05) is 23.1 Å². The number of likely N-dealkylation sites (tertiary alicyclic amines) is 1. The third kappa shape index (κ3) is 4.14. The first kappa shape index (κ1) is 20.0. The van der Waals surface area contributed by atoms with Crippen LogP contribution in [0.3, 0.4) is 0 Å². The van der Waals surface area contributed by atoms with Crippen molar-refractivity contribution in [2.24, 2.45) is 0 Å². The largest absolute Gasteiger partial charge is 0.339 e. The van der Waals surface area contributed by atoms with Crippen LogP contribution < -0.4 is 0 Å². The first-order valence-electron chi connectivity index (χ1n) is 11.6. The summed E-state index contributed by atoms with van der Waals surface area (Å²) in [5, 5.41) is 9.02. The number of carbonyl (C=O) groups is 1. The lowest BCUT2D eigenvalue weighted by atomic mass is 9.95. The number of benzene rings is 2. The van der Waals surface area contributed by atoms with Gasteiger partial charge in [0, 0.05) is 37.5 Å². The molecule has 5 heteroatoms. The summed E-state index contributed by atoms with van der Waals surface area (Å²) in [4.78, 5) is 15.2. The Kier molecular flexibility index (Phi) is 5.58. The minimum atomic E-state index is 0.132. The molecule has 2 aliphatic heterocycles. The molecule has 5 rings (SSSR count). The maximum absolute atomic E-state index is 13.2. The van der Waals surface area contributed by atoms with Crippen molar-refractivity contribution in [3.63, 3.8) is 0 Å². The van der Waals surface area contributed by atoms with Crippen molar-refractivity contribution in [2.75, 3.05) is 13.1 Å². The van der Waals surface area contributed by atoms with Crippen molar-refractivity contribution in [3.05, 3.63) is 71.3 Å². The molecule has 160 valence electrons. The summed E-state index contributed by atoms with van der Waals surface area (Å²) in [6.45, 7) is 4.69. The number of rotatable bonds is 3. The topological polar surface area (TPSA) is 51.0 Å². The number of hydrogen-bond acceptors (Lipinski definition) is 3. The normalized spacial score (nSPS) is 17.3. The van der Waals surface area contributed by atoms with Gasteiger partial charge in [-0.15, -0.1) is 10.2 Å². The minimum absolute atomic E-state index is 0.132. The molecule has 2 aliphatic rings. The van der Waals surface area contributed by atoms with Crippen LogP contribution in [0.2, 0.25) is 0 Å². The molecule has 1 amide bonds. The fourth-order valence-corrected chi connectivity index (χ4v) is 4.99. The Hall–Kier alpha value is -2.95. The lowest BCUT2D eigenvalue weighted by Crippen LogP contribution is -2.38. The van der Waals surface area contributed by atoms with E-state index in [0.717, 1.165) is 67.2 Å². The average Bonchev–Trinajstić information content (AvgIpc) is 3.07. The average molecular weight is 415 g/mol. The molecule has 3 aromatic rings. The first-order chi connectivity index (χ1) is 15.2. The predicted molar refractivity (Wildman–Crippen MR) is 122 cm³/mol. The monoisotopic (exact) mass is 414 g/mol. The van der Waals surface area contributed by atoms with Crippen molar-refractivity contribution in [2.45, 2.75) is 57.9 Å². The Morgan fingerprint density at radius 3 is 2.48 bits per heavy atom. The van der Waals surface area contributed by atoms with E-state index in [1.165, 1.54) is 24.8 Å². The van der Waals surface area contributed by atoms with Crippen LogP contribution in [0.5, 0.6) is 0 Å². The molecule has 0 aliphatic carbocycles. The van der Waals surface area contributed by atoms with Gasteiger partial charge in [0.1, 0.15) is 11.6 Å². The van der Waals surface area contributed by atoms with Crippen molar-refractivity contribution >= 4 is 5.91 Å². The summed E-state index contributed by atoms with van der Waals surface area (Å²) < 4.78 is 2.36. The molecule has 0 bridgehead atoms. The molecule has 5 nitrogen and oxygen atoms in total. The molecule has 1 fully saturated rings. The van der Waals surface area contributed by atoms with Crippen molar-refractivity contribution in [3.8, 4) is 11.1 Å². The second-order valence-corrected chi connectivity index (χ2v) is 8.95. The zero-order chi connectivity index (χ0) is 21.2. The van der Waals surface area contributed by atoms with Crippen LogP contribution in [0.15, 0.2) is 48.5 Å². The molecule has 0 atom stereocenters. The molecule has 0 unspecified atom stereocenters. The van der Waals surface area contributed by atoms with Gasteiger partial charge in [-0.3, -0.25) is 4.79 Å². The second-order valence-electron chi connectivity index (χ2n) is 8.95. The maximum atomic E-state index is 13.2. The van der Waals surface area contributed by atoms with E-state index in [1.54, 1.807) is 0 Å². The third-order valence-corrected chi connectivity index (χ3v) is 6.75. The van der Waals surface area contributed by atoms with Gasteiger partial charge in [0.25, 0.3) is 5.91 Å². The summed E-state index contributed by atoms with van der Waals surface area (Å²) in [6, 6.07) is 16.5. The third-order valence-electron chi connectivity index (χ3n) is 6.75. The van der Waals surface area contributed by atoms with E-state index in [4.69, 9.17) is 0 Å². The van der Waals surface area contributed by atoms with Gasteiger partial charge in [-0.2, -0.15) is 0 Å². The first-order valence-corrected chi connectivity index (χ1v) is 11.6. The zero-order valence-electron chi connectivity index (χ0n) is 18.3. The Balaban J connectivity index is 1.28. The molecule has 31 heavy (non-hydrogen) atoms.